The van der Waals surface area contributed by atoms with Gasteiger partial charge in [-0.3, -0.25) is 0 Å². The Kier molecular flexibility index (Phi) is 1.84. The number of hydrogen-bond acceptors (Lipinski definition) is 3. The first kappa shape index (κ1) is 7.73. The van der Waals surface area contributed by atoms with Crippen molar-refractivity contribution in [2.24, 2.45) is 0 Å². The molecule has 0 aliphatic carbocycles. The fourth-order valence-corrected chi connectivity index (χ4v) is 1.72. The van der Waals surface area contributed by atoms with E-state index in [4.69, 9.17) is 5.11 Å². The number of aryl methyl sites for hydroxylation is 2. The van der Waals surface area contributed by atoms with Gasteiger partial charge in [0.15, 0.2) is 0 Å². The molecule has 1 atom stereocenters. The van der Waals surface area contributed by atoms with E-state index in [-0.39, 0.29) is 12.6 Å². The van der Waals surface area contributed by atoms with Crippen molar-refractivity contribution in [2.75, 3.05) is 6.61 Å². The van der Waals surface area contributed by atoms with Gasteiger partial charge < -0.3 is 5.11 Å². The molecule has 4 nitrogen and oxygen atoms in total. The molecule has 66 valence electrons. The van der Waals surface area contributed by atoms with Gasteiger partial charge in [-0.05, 0) is 19.8 Å². The molecule has 0 saturated heterocycles. The molecule has 0 amide bonds. The van der Waals surface area contributed by atoms with Gasteiger partial charge in [-0.2, -0.15) is 5.10 Å². The standard InChI is InChI=1S/C8H13N3O/c1-6-9-8-4-2-3-7(5-12)11(8)10-6/h7,12H,2-5H2,1H3. The molecule has 1 aromatic rings. The van der Waals surface area contributed by atoms with E-state index < -0.39 is 0 Å². The Hall–Kier alpha value is -0.900. The molecule has 2 heterocycles. The zero-order valence-electron chi connectivity index (χ0n) is 7.19. The molecule has 1 N–H and O–H groups in total. The molecule has 2 rings (SSSR count). The highest BCUT2D eigenvalue weighted by atomic mass is 16.3. The number of rotatable bonds is 1. The fraction of sp³-hybridized carbons (Fsp3) is 0.750. The third-order valence-electron chi connectivity index (χ3n) is 2.30. The van der Waals surface area contributed by atoms with E-state index in [0.717, 1.165) is 30.9 Å². The van der Waals surface area contributed by atoms with E-state index in [9.17, 15) is 0 Å². The second kappa shape index (κ2) is 2.86. The highest BCUT2D eigenvalue weighted by Gasteiger charge is 2.20. The van der Waals surface area contributed by atoms with Crippen LogP contribution in [0.3, 0.4) is 0 Å². The maximum absolute atomic E-state index is 9.06. The lowest BCUT2D eigenvalue weighted by molar-refractivity contribution is 0.195. The molecule has 1 aliphatic rings. The maximum Gasteiger partial charge on any atom is 0.147 e. The monoisotopic (exact) mass is 167 g/mol. The predicted molar refractivity (Wildman–Crippen MR) is 43.8 cm³/mol. The lowest BCUT2D eigenvalue weighted by atomic mass is 10.1. The van der Waals surface area contributed by atoms with Crippen LogP contribution in [0.5, 0.6) is 0 Å². The summed E-state index contributed by atoms with van der Waals surface area (Å²) in [6.45, 7) is 2.07. The van der Waals surface area contributed by atoms with Gasteiger partial charge in [0.1, 0.15) is 11.6 Å². The minimum atomic E-state index is 0.162. The van der Waals surface area contributed by atoms with Crippen molar-refractivity contribution in [1.29, 1.82) is 0 Å². The molecule has 1 aliphatic heterocycles. The summed E-state index contributed by atoms with van der Waals surface area (Å²) in [5, 5.41) is 13.3. The van der Waals surface area contributed by atoms with Crippen LogP contribution in [0.1, 0.15) is 30.5 Å². The summed E-state index contributed by atoms with van der Waals surface area (Å²) in [7, 11) is 0. The molecule has 0 radical (unpaired) electrons. The lowest BCUT2D eigenvalue weighted by Crippen LogP contribution is -2.21. The van der Waals surface area contributed by atoms with Crippen molar-refractivity contribution < 1.29 is 5.11 Å². The summed E-state index contributed by atoms with van der Waals surface area (Å²) in [5.74, 6) is 1.84. The zero-order valence-corrected chi connectivity index (χ0v) is 7.19. The molecule has 0 saturated carbocycles. The van der Waals surface area contributed by atoms with Crippen LogP contribution in [0.15, 0.2) is 0 Å². The number of hydrogen-bond donors (Lipinski definition) is 1. The van der Waals surface area contributed by atoms with Crippen LogP contribution in [0.2, 0.25) is 0 Å². The normalized spacial score (nSPS) is 22.3. The average molecular weight is 167 g/mol. The molecule has 0 fully saturated rings. The van der Waals surface area contributed by atoms with E-state index in [1.165, 1.54) is 0 Å². The topological polar surface area (TPSA) is 50.9 Å². The van der Waals surface area contributed by atoms with Crippen LogP contribution in [-0.2, 0) is 6.42 Å². The number of nitrogens with zero attached hydrogens (tertiary/aromatic N) is 3. The van der Waals surface area contributed by atoms with Crippen LogP contribution in [0, 0.1) is 6.92 Å². The van der Waals surface area contributed by atoms with Crippen LogP contribution in [-0.4, -0.2) is 26.5 Å². The summed E-state index contributed by atoms with van der Waals surface area (Å²) < 4.78 is 1.87. The number of aliphatic hydroxyl groups is 1. The van der Waals surface area contributed by atoms with Crippen LogP contribution < -0.4 is 0 Å². The number of fused-ring (bicyclic) bond motifs is 1. The number of aromatic nitrogens is 3. The summed E-state index contributed by atoms with van der Waals surface area (Å²) in [6.07, 6.45) is 3.13. The van der Waals surface area contributed by atoms with Crippen LogP contribution >= 0.6 is 0 Å². The molecule has 1 unspecified atom stereocenters. The van der Waals surface area contributed by atoms with Crippen molar-refractivity contribution in [1.82, 2.24) is 14.8 Å². The first-order valence-corrected chi connectivity index (χ1v) is 4.34. The van der Waals surface area contributed by atoms with E-state index in [1.807, 2.05) is 11.6 Å². The van der Waals surface area contributed by atoms with Gasteiger partial charge >= 0.3 is 0 Å². The minimum Gasteiger partial charge on any atom is -0.394 e. The third-order valence-corrected chi connectivity index (χ3v) is 2.30. The lowest BCUT2D eigenvalue weighted by Gasteiger charge is -2.20. The summed E-state index contributed by atoms with van der Waals surface area (Å²) in [4.78, 5) is 4.29. The molecule has 0 bridgehead atoms. The fourth-order valence-electron chi connectivity index (χ4n) is 1.72. The highest BCUT2D eigenvalue weighted by Crippen LogP contribution is 2.21. The van der Waals surface area contributed by atoms with Crippen molar-refractivity contribution in [3.05, 3.63) is 11.6 Å². The second-order valence-electron chi connectivity index (χ2n) is 3.25. The summed E-state index contributed by atoms with van der Waals surface area (Å²) in [6, 6.07) is 0.162. The Balaban J connectivity index is 2.36. The average Bonchev–Trinajstić information content (AvgIpc) is 2.44. The SMILES string of the molecule is Cc1nc2n(n1)C(CO)CCC2. The minimum absolute atomic E-state index is 0.162. The largest absolute Gasteiger partial charge is 0.394 e. The Bertz CT molecular complexity index is 282. The summed E-state index contributed by atoms with van der Waals surface area (Å²) in [5.41, 5.74) is 0. The van der Waals surface area contributed by atoms with Crippen molar-refractivity contribution in [3.8, 4) is 0 Å². The van der Waals surface area contributed by atoms with Gasteiger partial charge in [0.05, 0.1) is 12.6 Å². The van der Waals surface area contributed by atoms with Crippen molar-refractivity contribution in [2.45, 2.75) is 32.2 Å². The van der Waals surface area contributed by atoms with E-state index >= 15 is 0 Å². The third kappa shape index (κ3) is 1.12. The Morgan fingerprint density at radius 1 is 1.67 bits per heavy atom. The maximum atomic E-state index is 9.06. The first-order valence-electron chi connectivity index (χ1n) is 4.34. The second-order valence-corrected chi connectivity index (χ2v) is 3.25. The van der Waals surface area contributed by atoms with Crippen molar-refractivity contribution >= 4 is 0 Å². The quantitative estimate of drug-likeness (QED) is 0.661. The van der Waals surface area contributed by atoms with Gasteiger partial charge in [-0.25, -0.2) is 9.67 Å². The highest BCUT2D eigenvalue weighted by molar-refractivity contribution is 4.96. The molecular weight excluding hydrogens is 154 g/mol. The van der Waals surface area contributed by atoms with Gasteiger partial charge in [0.2, 0.25) is 0 Å². The van der Waals surface area contributed by atoms with Gasteiger partial charge in [-0.15, -0.1) is 0 Å². The first-order chi connectivity index (χ1) is 5.81. The van der Waals surface area contributed by atoms with Gasteiger partial charge in [-0.1, -0.05) is 0 Å². The zero-order chi connectivity index (χ0) is 8.55. The summed E-state index contributed by atoms with van der Waals surface area (Å²) >= 11 is 0. The Morgan fingerprint density at radius 2 is 2.50 bits per heavy atom. The molecule has 4 heteroatoms. The molecule has 0 spiro atoms. The van der Waals surface area contributed by atoms with Gasteiger partial charge in [0, 0.05) is 6.42 Å². The number of aliphatic hydroxyl groups excluding tert-OH is 1. The smallest absolute Gasteiger partial charge is 0.147 e. The molecule has 1 aromatic heterocycles. The Morgan fingerprint density at radius 3 is 3.25 bits per heavy atom. The van der Waals surface area contributed by atoms with Crippen LogP contribution in [0.4, 0.5) is 0 Å². The molecule has 0 aromatic carbocycles. The van der Waals surface area contributed by atoms with E-state index in [2.05, 4.69) is 10.1 Å². The van der Waals surface area contributed by atoms with Gasteiger partial charge in [0.25, 0.3) is 0 Å². The Labute approximate surface area is 71.2 Å². The van der Waals surface area contributed by atoms with E-state index in [0.29, 0.717) is 0 Å². The molecular formula is C8H13N3O. The predicted octanol–water partition coefficient (Wildman–Crippen LogP) is 0.456. The van der Waals surface area contributed by atoms with Crippen LogP contribution in [0.25, 0.3) is 0 Å². The molecule has 12 heavy (non-hydrogen) atoms. The van der Waals surface area contributed by atoms with E-state index in [1.54, 1.807) is 0 Å². The van der Waals surface area contributed by atoms with Crippen molar-refractivity contribution in [3.63, 3.8) is 0 Å².